The van der Waals surface area contributed by atoms with E-state index in [1.54, 1.807) is 0 Å². The van der Waals surface area contributed by atoms with Gasteiger partial charge in [0, 0.05) is 29.6 Å². The summed E-state index contributed by atoms with van der Waals surface area (Å²) in [5.41, 5.74) is 0.953. The van der Waals surface area contributed by atoms with E-state index in [0.717, 1.165) is 35.3 Å². The zero-order chi connectivity index (χ0) is 23.3. The van der Waals surface area contributed by atoms with Gasteiger partial charge in [0.1, 0.15) is 5.75 Å². The molecule has 0 fully saturated rings. The standard InChI is InChI=1S/C23H34N6O3/c1-6-8-20(21-25-26-27-29(21)23(3,4)5)28(11-12-30)15-17-13-16-14-18(32-7-2)9-10-19(16)24-22(17)31/h9-10,13-14,20,30H,6-8,11-12,15H2,1-5H3,(H,24,31)/t20-/m1/s1. The number of aliphatic hydroxyl groups is 1. The fourth-order valence-electron chi connectivity index (χ4n) is 3.92. The summed E-state index contributed by atoms with van der Waals surface area (Å²) in [6.45, 7) is 11.5. The van der Waals surface area contributed by atoms with E-state index < -0.39 is 0 Å². The van der Waals surface area contributed by atoms with Crippen molar-refractivity contribution in [3.63, 3.8) is 0 Å². The number of hydrogen-bond donors (Lipinski definition) is 2. The molecule has 0 saturated carbocycles. The van der Waals surface area contributed by atoms with Crippen LogP contribution in [0, 0.1) is 0 Å². The lowest BCUT2D eigenvalue weighted by Crippen LogP contribution is -2.37. The third kappa shape index (κ3) is 5.34. The molecule has 3 aromatic rings. The molecule has 0 saturated heterocycles. The van der Waals surface area contributed by atoms with Crippen molar-refractivity contribution < 1.29 is 9.84 Å². The van der Waals surface area contributed by atoms with Crippen LogP contribution in [-0.4, -0.2) is 55.0 Å². The number of hydrogen-bond acceptors (Lipinski definition) is 7. The highest BCUT2D eigenvalue weighted by Crippen LogP contribution is 2.28. The monoisotopic (exact) mass is 442 g/mol. The molecule has 0 bridgehead atoms. The average Bonchev–Trinajstić information content (AvgIpc) is 3.23. The zero-order valence-corrected chi connectivity index (χ0v) is 19.6. The maximum Gasteiger partial charge on any atom is 0.252 e. The molecule has 0 spiro atoms. The number of aromatic nitrogens is 5. The van der Waals surface area contributed by atoms with Crippen LogP contribution in [0.25, 0.3) is 10.9 Å². The summed E-state index contributed by atoms with van der Waals surface area (Å²) in [6, 6.07) is 7.40. The maximum absolute atomic E-state index is 12.9. The van der Waals surface area contributed by atoms with Crippen LogP contribution in [0.1, 0.15) is 64.9 Å². The molecule has 0 aliphatic rings. The number of tetrazole rings is 1. The van der Waals surface area contributed by atoms with Gasteiger partial charge in [-0.1, -0.05) is 13.3 Å². The molecule has 2 N–H and O–H groups in total. The van der Waals surface area contributed by atoms with Gasteiger partial charge in [-0.3, -0.25) is 9.69 Å². The summed E-state index contributed by atoms with van der Waals surface area (Å²) in [5.74, 6) is 1.50. The second-order valence-corrected chi connectivity index (χ2v) is 8.92. The van der Waals surface area contributed by atoms with Crippen LogP contribution >= 0.6 is 0 Å². The van der Waals surface area contributed by atoms with Crippen LogP contribution in [0.15, 0.2) is 29.1 Å². The zero-order valence-electron chi connectivity index (χ0n) is 19.6. The topological polar surface area (TPSA) is 109 Å². The molecule has 174 valence electrons. The first-order valence-corrected chi connectivity index (χ1v) is 11.2. The summed E-state index contributed by atoms with van der Waals surface area (Å²) in [4.78, 5) is 17.9. The third-order valence-electron chi connectivity index (χ3n) is 5.39. The van der Waals surface area contributed by atoms with Crippen LogP contribution in [0.4, 0.5) is 0 Å². The molecule has 2 heterocycles. The first-order chi connectivity index (χ1) is 15.3. The van der Waals surface area contributed by atoms with E-state index >= 15 is 0 Å². The molecule has 0 radical (unpaired) electrons. The van der Waals surface area contributed by atoms with E-state index in [2.05, 4.69) is 53.1 Å². The molecule has 9 heteroatoms. The fourth-order valence-corrected chi connectivity index (χ4v) is 3.92. The second-order valence-electron chi connectivity index (χ2n) is 8.92. The van der Waals surface area contributed by atoms with E-state index in [1.165, 1.54) is 0 Å². The van der Waals surface area contributed by atoms with Gasteiger partial charge in [-0.15, -0.1) is 5.10 Å². The van der Waals surface area contributed by atoms with Gasteiger partial charge in [-0.25, -0.2) is 4.68 Å². The number of H-pyrrole nitrogens is 1. The fraction of sp³-hybridized carbons (Fsp3) is 0.565. The van der Waals surface area contributed by atoms with Crippen molar-refractivity contribution in [1.29, 1.82) is 0 Å². The van der Waals surface area contributed by atoms with Crippen LogP contribution < -0.4 is 10.3 Å². The molecule has 3 rings (SSSR count). The maximum atomic E-state index is 12.9. The van der Waals surface area contributed by atoms with E-state index in [0.29, 0.717) is 25.3 Å². The highest BCUT2D eigenvalue weighted by molar-refractivity contribution is 5.80. The number of fused-ring (bicyclic) bond motifs is 1. The van der Waals surface area contributed by atoms with Crippen LogP contribution in [0.2, 0.25) is 0 Å². The average molecular weight is 443 g/mol. The molecular formula is C23H34N6O3. The van der Waals surface area contributed by atoms with Crippen LogP contribution in [0.3, 0.4) is 0 Å². The van der Waals surface area contributed by atoms with Gasteiger partial charge in [-0.05, 0) is 68.8 Å². The summed E-state index contributed by atoms with van der Waals surface area (Å²) in [5, 5.41) is 23.2. The smallest absolute Gasteiger partial charge is 0.252 e. The van der Waals surface area contributed by atoms with Crippen molar-refractivity contribution in [3.05, 3.63) is 46.0 Å². The van der Waals surface area contributed by atoms with Crippen molar-refractivity contribution >= 4 is 10.9 Å². The lowest BCUT2D eigenvalue weighted by atomic mass is 10.0. The Bertz CT molecular complexity index is 1090. The van der Waals surface area contributed by atoms with Crippen LogP contribution in [-0.2, 0) is 12.1 Å². The van der Waals surface area contributed by atoms with Gasteiger partial charge in [0.15, 0.2) is 5.82 Å². The minimum absolute atomic E-state index is 0.0305. The summed E-state index contributed by atoms with van der Waals surface area (Å²) in [7, 11) is 0. The van der Waals surface area contributed by atoms with Crippen LogP contribution in [0.5, 0.6) is 5.75 Å². The number of ether oxygens (including phenoxy) is 1. The molecule has 0 amide bonds. The Morgan fingerprint density at radius 2 is 2.03 bits per heavy atom. The Morgan fingerprint density at radius 3 is 2.69 bits per heavy atom. The lowest BCUT2D eigenvalue weighted by Gasteiger charge is -2.32. The van der Waals surface area contributed by atoms with E-state index in [1.807, 2.05) is 35.9 Å². The molecule has 2 aromatic heterocycles. The Morgan fingerprint density at radius 1 is 1.25 bits per heavy atom. The quantitative estimate of drug-likeness (QED) is 0.497. The van der Waals surface area contributed by atoms with Gasteiger partial charge in [0.2, 0.25) is 0 Å². The molecule has 0 aliphatic heterocycles. The van der Waals surface area contributed by atoms with E-state index in [-0.39, 0.29) is 23.7 Å². The summed E-state index contributed by atoms with van der Waals surface area (Å²) in [6.07, 6.45) is 1.71. The first kappa shape index (κ1) is 23.9. The van der Waals surface area contributed by atoms with Gasteiger partial charge in [0.25, 0.3) is 5.56 Å². The summed E-state index contributed by atoms with van der Waals surface area (Å²) >= 11 is 0. The first-order valence-electron chi connectivity index (χ1n) is 11.2. The SMILES string of the molecule is CCC[C@H](c1nnnn1C(C)(C)C)N(CCO)Cc1cc2cc(OCC)ccc2[nH]c1=O. The van der Waals surface area contributed by atoms with Crippen molar-refractivity contribution in [2.45, 2.75) is 65.6 Å². The largest absolute Gasteiger partial charge is 0.494 e. The Balaban J connectivity index is 2.00. The minimum Gasteiger partial charge on any atom is -0.494 e. The third-order valence-corrected chi connectivity index (χ3v) is 5.39. The minimum atomic E-state index is -0.286. The predicted octanol–water partition coefficient (Wildman–Crippen LogP) is 3.00. The number of nitrogens with one attached hydrogen (secondary N) is 1. The van der Waals surface area contributed by atoms with Crippen molar-refractivity contribution in [1.82, 2.24) is 30.1 Å². The Kier molecular flexibility index (Phi) is 7.63. The predicted molar refractivity (Wildman–Crippen MR) is 124 cm³/mol. The van der Waals surface area contributed by atoms with E-state index in [9.17, 15) is 9.90 Å². The molecule has 1 aromatic carbocycles. The second kappa shape index (κ2) is 10.2. The molecule has 32 heavy (non-hydrogen) atoms. The number of benzene rings is 1. The molecule has 1 atom stereocenters. The number of aliphatic hydroxyl groups excluding tert-OH is 1. The Hall–Kier alpha value is -2.78. The van der Waals surface area contributed by atoms with Gasteiger partial charge in [0.05, 0.1) is 24.8 Å². The van der Waals surface area contributed by atoms with Gasteiger partial charge >= 0.3 is 0 Å². The molecule has 0 unspecified atom stereocenters. The number of pyridine rings is 1. The number of aromatic amines is 1. The highest BCUT2D eigenvalue weighted by atomic mass is 16.5. The molecule has 0 aliphatic carbocycles. The summed E-state index contributed by atoms with van der Waals surface area (Å²) < 4.78 is 7.44. The van der Waals surface area contributed by atoms with Gasteiger partial charge < -0.3 is 14.8 Å². The number of nitrogens with zero attached hydrogens (tertiary/aromatic N) is 5. The van der Waals surface area contributed by atoms with Crippen molar-refractivity contribution in [2.75, 3.05) is 19.8 Å². The van der Waals surface area contributed by atoms with Gasteiger partial charge in [-0.2, -0.15) is 0 Å². The molecular weight excluding hydrogens is 408 g/mol. The normalized spacial score (nSPS) is 13.1. The highest BCUT2D eigenvalue weighted by Gasteiger charge is 2.30. The molecule has 9 nitrogen and oxygen atoms in total. The Labute approximate surface area is 188 Å². The number of rotatable bonds is 10. The lowest BCUT2D eigenvalue weighted by molar-refractivity contribution is 0.123. The van der Waals surface area contributed by atoms with E-state index in [4.69, 9.17) is 4.74 Å². The van der Waals surface area contributed by atoms with Crippen molar-refractivity contribution in [2.24, 2.45) is 0 Å². The van der Waals surface area contributed by atoms with Crippen molar-refractivity contribution in [3.8, 4) is 5.75 Å².